The predicted octanol–water partition coefficient (Wildman–Crippen LogP) is 1.26. The highest BCUT2D eigenvalue weighted by atomic mass is 16.5. The zero-order chi connectivity index (χ0) is 17.6. The summed E-state index contributed by atoms with van der Waals surface area (Å²) in [5, 5.41) is 0. The highest BCUT2D eigenvalue weighted by Gasteiger charge is 2.30. The van der Waals surface area contributed by atoms with Gasteiger partial charge in [0.25, 0.3) is 5.91 Å². The molecule has 1 aromatic rings. The number of hydrogen-bond donors (Lipinski definition) is 1. The summed E-state index contributed by atoms with van der Waals surface area (Å²) in [7, 11) is 0. The number of rotatable bonds is 5. The van der Waals surface area contributed by atoms with Gasteiger partial charge in [-0.05, 0) is 43.2 Å². The van der Waals surface area contributed by atoms with Crippen LogP contribution in [0.1, 0.15) is 24.8 Å². The van der Waals surface area contributed by atoms with Crippen LogP contribution in [0.3, 0.4) is 0 Å². The van der Waals surface area contributed by atoms with Crippen LogP contribution in [-0.2, 0) is 9.59 Å². The van der Waals surface area contributed by atoms with E-state index in [9.17, 15) is 9.59 Å². The highest BCUT2D eigenvalue weighted by molar-refractivity contribution is 5.91. The number of piperidine rings is 1. The molecule has 2 amide bonds. The number of nitrogens with two attached hydrogens (primary N) is 1. The lowest BCUT2D eigenvalue weighted by Gasteiger charge is -2.43. The zero-order valence-electron chi connectivity index (χ0n) is 14.4. The van der Waals surface area contributed by atoms with E-state index in [0.29, 0.717) is 11.8 Å². The summed E-state index contributed by atoms with van der Waals surface area (Å²) in [5.74, 6) is 0.141. The molecule has 2 fully saturated rings. The molecule has 25 heavy (non-hydrogen) atoms. The van der Waals surface area contributed by atoms with Gasteiger partial charge in [-0.2, -0.15) is 0 Å². The molecule has 0 aliphatic carbocycles. The molecule has 1 atom stereocenters. The first-order valence-electron chi connectivity index (χ1n) is 8.84. The maximum atomic E-state index is 12.4. The number of fused-ring (bicyclic) bond motifs is 1. The molecule has 6 nitrogen and oxygen atoms in total. The second kappa shape index (κ2) is 8.16. The Bertz CT molecular complexity index is 642. The van der Waals surface area contributed by atoms with Gasteiger partial charge in [0.1, 0.15) is 5.75 Å². The van der Waals surface area contributed by atoms with Crippen LogP contribution in [0, 0.1) is 0 Å². The Morgan fingerprint density at radius 3 is 2.72 bits per heavy atom. The minimum absolute atomic E-state index is 0.0688. The van der Waals surface area contributed by atoms with Crippen LogP contribution in [0.25, 0.3) is 6.08 Å². The molecule has 2 aliphatic heterocycles. The van der Waals surface area contributed by atoms with E-state index < -0.39 is 5.91 Å². The van der Waals surface area contributed by atoms with Crippen molar-refractivity contribution in [3.63, 3.8) is 0 Å². The van der Waals surface area contributed by atoms with Crippen molar-refractivity contribution >= 4 is 17.9 Å². The Morgan fingerprint density at radius 1 is 1.16 bits per heavy atom. The van der Waals surface area contributed by atoms with E-state index in [2.05, 4.69) is 4.90 Å². The number of hydrogen-bond acceptors (Lipinski definition) is 4. The molecule has 0 radical (unpaired) electrons. The van der Waals surface area contributed by atoms with Gasteiger partial charge in [-0.3, -0.25) is 14.5 Å². The standard InChI is InChI=1S/C19H25N3O3/c20-18(23)14-25-17-7-4-15(5-8-17)6-9-19(24)22-12-11-21-10-2-1-3-16(21)13-22/h4-9,16H,1-3,10-14H2,(H2,20,23)/b9-6+/t16-/m1/s1. The molecule has 2 N–H and O–H groups in total. The molecule has 0 aromatic heterocycles. The third-order valence-electron chi connectivity index (χ3n) is 4.83. The molecule has 0 unspecified atom stereocenters. The van der Waals surface area contributed by atoms with Gasteiger partial charge in [0.2, 0.25) is 5.91 Å². The number of ether oxygens (including phenoxy) is 1. The third kappa shape index (κ3) is 4.82. The Labute approximate surface area is 148 Å². The van der Waals surface area contributed by atoms with Crippen molar-refractivity contribution in [3.8, 4) is 5.75 Å². The van der Waals surface area contributed by atoms with E-state index in [1.165, 1.54) is 25.8 Å². The minimum Gasteiger partial charge on any atom is -0.484 e. The van der Waals surface area contributed by atoms with Crippen molar-refractivity contribution in [2.24, 2.45) is 5.73 Å². The molecule has 3 rings (SSSR count). The molecule has 2 heterocycles. The number of nitrogens with zero attached hydrogens (tertiary/aromatic N) is 2. The summed E-state index contributed by atoms with van der Waals surface area (Å²) >= 11 is 0. The smallest absolute Gasteiger partial charge is 0.255 e. The topological polar surface area (TPSA) is 75.9 Å². The fourth-order valence-corrected chi connectivity index (χ4v) is 3.46. The first kappa shape index (κ1) is 17.5. The van der Waals surface area contributed by atoms with Gasteiger partial charge in [0, 0.05) is 31.8 Å². The molecule has 134 valence electrons. The number of benzene rings is 1. The van der Waals surface area contributed by atoms with Crippen molar-refractivity contribution < 1.29 is 14.3 Å². The van der Waals surface area contributed by atoms with Crippen LogP contribution in [-0.4, -0.2) is 60.4 Å². The number of primary amides is 1. The molecular weight excluding hydrogens is 318 g/mol. The van der Waals surface area contributed by atoms with Gasteiger partial charge in [-0.1, -0.05) is 18.6 Å². The second-order valence-electron chi connectivity index (χ2n) is 6.63. The fraction of sp³-hybridized carbons (Fsp3) is 0.474. The molecular formula is C19H25N3O3. The first-order chi connectivity index (χ1) is 12.1. The molecule has 0 saturated carbocycles. The Hall–Kier alpha value is -2.34. The first-order valence-corrected chi connectivity index (χ1v) is 8.84. The Morgan fingerprint density at radius 2 is 1.96 bits per heavy atom. The Kier molecular flexibility index (Phi) is 5.71. The van der Waals surface area contributed by atoms with Crippen molar-refractivity contribution in [2.45, 2.75) is 25.3 Å². The van der Waals surface area contributed by atoms with Crippen LogP contribution < -0.4 is 10.5 Å². The summed E-state index contributed by atoms with van der Waals surface area (Å²) < 4.78 is 5.22. The van der Waals surface area contributed by atoms with Crippen molar-refractivity contribution in [1.29, 1.82) is 0 Å². The monoisotopic (exact) mass is 343 g/mol. The molecule has 0 bridgehead atoms. The number of piperazine rings is 1. The molecule has 0 spiro atoms. The third-order valence-corrected chi connectivity index (χ3v) is 4.83. The molecule has 2 saturated heterocycles. The number of carbonyl (C=O) groups is 2. The van der Waals surface area contributed by atoms with Crippen LogP contribution in [0.4, 0.5) is 0 Å². The lowest BCUT2D eigenvalue weighted by atomic mass is 9.99. The summed E-state index contributed by atoms with van der Waals surface area (Å²) in [5.41, 5.74) is 5.96. The van der Waals surface area contributed by atoms with Crippen molar-refractivity contribution in [3.05, 3.63) is 35.9 Å². The van der Waals surface area contributed by atoms with Crippen LogP contribution in [0.5, 0.6) is 5.75 Å². The summed E-state index contributed by atoms with van der Waals surface area (Å²) in [6.07, 6.45) is 7.19. The van der Waals surface area contributed by atoms with Gasteiger partial charge in [0.05, 0.1) is 0 Å². The quantitative estimate of drug-likeness (QED) is 0.817. The Balaban J connectivity index is 1.52. The number of carbonyl (C=O) groups excluding carboxylic acids is 2. The van der Waals surface area contributed by atoms with E-state index in [0.717, 1.165) is 25.2 Å². The molecule has 2 aliphatic rings. The predicted molar refractivity (Wildman–Crippen MR) is 96.0 cm³/mol. The SMILES string of the molecule is NC(=O)COc1ccc(/C=C/C(=O)N2CCN3CCCC[C@@H]3C2)cc1. The van der Waals surface area contributed by atoms with Gasteiger partial charge < -0.3 is 15.4 Å². The summed E-state index contributed by atoms with van der Waals surface area (Å²) in [6.45, 7) is 3.66. The van der Waals surface area contributed by atoms with Crippen molar-refractivity contribution in [1.82, 2.24) is 9.80 Å². The van der Waals surface area contributed by atoms with Crippen molar-refractivity contribution in [2.75, 3.05) is 32.8 Å². The van der Waals surface area contributed by atoms with Crippen LogP contribution in [0.15, 0.2) is 30.3 Å². The van der Waals surface area contributed by atoms with Gasteiger partial charge in [0.15, 0.2) is 6.61 Å². The lowest BCUT2D eigenvalue weighted by Crippen LogP contribution is -2.55. The van der Waals surface area contributed by atoms with Crippen LogP contribution >= 0.6 is 0 Å². The van der Waals surface area contributed by atoms with Gasteiger partial charge in [-0.25, -0.2) is 0 Å². The molecule has 6 heteroatoms. The maximum absolute atomic E-state index is 12.4. The average molecular weight is 343 g/mol. The van der Waals surface area contributed by atoms with E-state index in [4.69, 9.17) is 10.5 Å². The average Bonchev–Trinajstić information content (AvgIpc) is 2.64. The maximum Gasteiger partial charge on any atom is 0.255 e. The minimum atomic E-state index is -0.507. The normalized spacial score (nSPS) is 21.1. The molecule has 1 aromatic carbocycles. The van der Waals surface area contributed by atoms with Gasteiger partial charge in [-0.15, -0.1) is 0 Å². The lowest BCUT2D eigenvalue weighted by molar-refractivity contribution is -0.129. The van der Waals surface area contributed by atoms with E-state index in [1.54, 1.807) is 18.2 Å². The van der Waals surface area contributed by atoms with E-state index in [1.807, 2.05) is 23.1 Å². The largest absolute Gasteiger partial charge is 0.484 e. The zero-order valence-corrected chi connectivity index (χ0v) is 14.4. The van der Waals surface area contributed by atoms with Gasteiger partial charge >= 0.3 is 0 Å². The number of amides is 2. The van der Waals surface area contributed by atoms with E-state index in [-0.39, 0.29) is 12.5 Å². The highest BCUT2D eigenvalue weighted by Crippen LogP contribution is 2.21. The summed E-state index contributed by atoms with van der Waals surface area (Å²) in [4.78, 5) is 27.6. The summed E-state index contributed by atoms with van der Waals surface area (Å²) in [6, 6.07) is 7.74. The second-order valence-corrected chi connectivity index (χ2v) is 6.63. The fourth-order valence-electron chi connectivity index (χ4n) is 3.46. The van der Waals surface area contributed by atoms with E-state index >= 15 is 0 Å². The van der Waals surface area contributed by atoms with Crippen LogP contribution in [0.2, 0.25) is 0 Å².